The minimum absolute atomic E-state index is 0.194. The highest BCUT2D eigenvalue weighted by atomic mass is 35.5. The molecular formula is C14H15ClN2O2S. The Kier molecular flexibility index (Phi) is 4.52. The fraction of sp³-hybridized carbons (Fsp3) is 0.143. The summed E-state index contributed by atoms with van der Waals surface area (Å²) >= 11 is 5.95. The molecule has 20 heavy (non-hydrogen) atoms. The third kappa shape index (κ3) is 3.43. The van der Waals surface area contributed by atoms with Gasteiger partial charge in [0, 0.05) is 12.2 Å². The van der Waals surface area contributed by atoms with Crippen LogP contribution >= 0.6 is 11.6 Å². The highest BCUT2D eigenvalue weighted by Gasteiger charge is 2.15. The summed E-state index contributed by atoms with van der Waals surface area (Å²) < 4.78 is 26.9. The first-order chi connectivity index (χ1) is 9.53. The van der Waals surface area contributed by atoms with Crippen LogP contribution < -0.4 is 10.0 Å². The number of rotatable bonds is 5. The number of benzene rings is 2. The Morgan fingerprint density at radius 3 is 2.30 bits per heavy atom. The van der Waals surface area contributed by atoms with Crippen LogP contribution in [0, 0.1) is 0 Å². The molecule has 0 aliphatic heterocycles. The van der Waals surface area contributed by atoms with Crippen molar-refractivity contribution in [1.29, 1.82) is 0 Å². The van der Waals surface area contributed by atoms with Crippen molar-refractivity contribution in [2.45, 2.75) is 11.8 Å². The van der Waals surface area contributed by atoms with E-state index in [-0.39, 0.29) is 4.90 Å². The lowest BCUT2D eigenvalue weighted by molar-refractivity contribution is 0.601. The number of halogens is 1. The van der Waals surface area contributed by atoms with E-state index in [0.717, 1.165) is 12.2 Å². The fourth-order valence-corrected chi connectivity index (χ4v) is 3.02. The zero-order valence-electron chi connectivity index (χ0n) is 10.9. The van der Waals surface area contributed by atoms with Gasteiger partial charge in [0.15, 0.2) is 0 Å². The first kappa shape index (κ1) is 14.7. The van der Waals surface area contributed by atoms with Gasteiger partial charge in [-0.1, -0.05) is 23.7 Å². The molecule has 2 aromatic rings. The average molecular weight is 311 g/mol. The van der Waals surface area contributed by atoms with Crippen molar-refractivity contribution >= 4 is 33.0 Å². The van der Waals surface area contributed by atoms with Crippen LogP contribution in [0.15, 0.2) is 53.4 Å². The van der Waals surface area contributed by atoms with Gasteiger partial charge in [0.05, 0.1) is 15.6 Å². The molecule has 0 aromatic heterocycles. The number of sulfonamides is 1. The maximum Gasteiger partial charge on any atom is 0.261 e. The monoisotopic (exact) mass is 310 g/mol. The van der Waals surface area contributed by atoms with Gasteiger partial charge >= 0.3 is 0 Å². The molecule has 0 spiro atoms. The summed E-state index contributed by atoms with van der Waals surface area (Å²) in [5.74, 6) is 0. The van der Waals surface area contributed by atoms with E-state index in [0.29, 0.717) is 10.7 Å². The van der Waals surface area contributed by atoms with Gasteiger partial charge in [-0.3, -0.25) is 4.72 Å². The average Bonchev–Trinajstić information content (AvgIpc) is 2.42. The minimum atomic E-state index is -3.63. The number of anilines is 2. The van der Waals surface area contributed by atoms with Gasteiger partial charge < -0.3 is 5.32 Å². The molecular weight excluding hydrogens is 296 g/mol. The second kappa shape index (κ2) is 6.15. The molecule has 0 saturated heterocycles. The van der Waals surface area contributed by atoms with Crippen molar-refractivity contribution < 1.29 is 8.42 Å². The summed E-state index contributed by atoms with van der Waals surface area (Å²) in [7, 11) is -3.63. The van der Waals surface area contributed by atoms with Crippen molar-refractivity contribution in [3.05, 3.63) is 53.6 Å². The SMILES string of the molecule is CCNc1ccc(S(=O)(=O)Nc2ccccc2Cl)cc1. The van der Waals surface area contributed by atoms with E-state index in [1.54, 1.807) is 48.5 Å². The molecule has 2 rings (SSSR count). The Bertz CT molecular complexity index is 685. The van der Waals surface area contributed by atoms with Crippen molar-refractivity contribution in [3.63, 3.8) is 0 Å². The van der Waals surface area contributed by atoms with E-state index >= 15 is 0 Å². The van der Waals surface area contributed by atoms with Gasteiger partial charge in [0.2, 0.25) is 0 Å². The normalized spacial score (nSPS) is 11.1. The highest BCUT2D eigenvalue weighted by Crippen LogP contribution is 2.24. The largest absolute Gasteiger partial charge is 0.385 e. The van der Waals surface area contributed by atoms with E-state index < -0.39 is 10.0 Å². The summed E-state index contributed by atoms with van der Waals surface area (Å²) in [6.45, 7) is 2.76. The standard InChI is InChI=1S/C14H15ClN2O2S/c1-2-16-11-7-9-12(10-8-11)20(18,19)17-14-6-4-3-5-13(14)15/h3-10,16-17H,2H2,1H3. The first-order valence-corrected chi connectivity index (χ1v) is 8.00. The molecule has 0 atom stereocenters. The van der Waals surface area contributed by atoms with E-state index in [4.69, 9.17) is 11.6 Å². The summed E-state index contributed by atoms with van der Waals surface area (Å²) in [4.78, 5) is 0.194. The Morgan fingerprint density at radius 2 is 1.70 bits per heavy atom. The Hall–Kier alpha value is -1.72. The Morgan fingerprint density at radius 1 is 1.05 bits per heavy atom. The van der Waals surface area contributed by atoms with E-state index in [2.05, 4.69) is 10.0 Å². The molecule has 0 bridgehead atoms. The molecule has 0 aliphatic rings. The van der Waals surface area contributed by atoms with Crippen LogP contribution in [0.1, 0.15) is 6.92 Å². The van der Waals surface area contributed by atoms with Gasteiger partial charge in [-0.05, 0) is 43.3 Å². The number of hydrogen-bond acceptors (Lipinski definition) is 3. The van der Waals surface area contributed by atoms with Gasteiger partial charge in [-0.25, -0.2) is 8.42 Å². The summed E-state index contributed by atoms with van der Waals surface area (Å²) in [5.41, 5.74) is 1.24. The topological polar surface area (TPSA) is 58.2 Å². The van der Waals surface area contributed by atoms with Crippen molar-refractivity contribution in [2.24, 2.45) is 0 Å². The molecule has 0 aliphatic carbocycles. The summed E-state index contributed by atoms with van der Waals surface area (Å²) in [6.07, 6.45) is 0. The molecule has 4 nitrogen and oxygen atoms in total. The maximum absolute atomic E-state index is 12.2. The van der Waals surface area contributed by atoms with Crippen molar-refractivity contribution in [1.82, 2.24) is 0 Å². The molecule has 2 aromatic carbocycles. The third-order valence-electron chi connectivity index (χ3n) is 2.66. The van der Waals surface area contributed by atoms with E-state index in [1.165, 1.54) is 0 Å². The third-order valence-corrected chi connectivity index (χ3v) is 4.37. The summed E-state index contributed by atoms with van der Waals surface area (Å²) in [6, 6.07) is 13.3. The predicted octanol–water partition coefficient (Wildman–Crippen LogP) is 3.57. The lowest BCUT2D eigenvalue weighted by atomic mass is 10.3. The smallest absolute Gasteiger partial charge is 0.261 e. The Balaban J connectivity index is 2.24. The van der Waals surface area contributed by atoms with Crippen LogP contribution in [-0.2, 0) is 10.0 Å². The van der Waals surface area contributed by atoms with Crippen molar-refractivity contribution in [3.8, 4) is 0 Å². The summed E-state index contributed by atoms with van der Waals surface area (Å²) in [5, 5.41) is 3.47. The van der Waals surface area contributed by atoms with Crippen LogP contribution in [0.2, 0.25) is 5.02 Å². The van der Waals surface area contributed by atoms with Crippen LogP contribution in [-0.4, -0.2) is 15.0 Å². The van der Waals surface area contributed by atoms with Gasteiger partial charge in [-0.2, -0.15) is 0 Å². The lowest BCUT2D eigenvalue weighted by Gasteiger charge is -2.10. The van der Waals surface area contributed by atoms with Crippen LogP contribution in [0.5, 0.6) is 0 Å². The quantitative estimate of drug-likeness (QED) is 0.887. The minimum Gasteiger partial charge on any atom is -0.385 e. The van der Waals surface area contributed by atoms with Gasteiger partial charge in [0.1, 0.15) is 0 Å². The fourth-order valence-electron chi connectivity index (χ4n) is 1.70. The molecule has 106 valence electrons. The van der Waals surface area contributed by atoms with Crippen LogP contribution in [0.4, 0.5) is 11.4 Å². The zero-order valence-corrected chi connectivity index (χ0v) is 12.5. The van der Waals surface area contributed by atoms with E-state index in [9.17, 15) is 8.42 Å². The molecule has 0 fully saturated rings. The Labute approximate surface area is 123 Å². The molecule has 0 radical (unpaired) electrons. The van der Waals surface area contributed by atoms with Crippen LogP contribution in [0.3, 0.4) is 0 Å². The molecule has 0 saturated carbocycles. The molecule has 0 amide bonds. The second-order valence-electron chi connectivity index (χ2n) is 4.14. The second-order valence-corrected chi connectivity index (χ2v) is 6.23. The molecule has 6 heteroatoms. The highest BCUT2D eigenvalue weighted by molar-refractivity contribution is 7.92. The van der Waals surface area contributed by atoms with Gasteiger partial charge in [-0.15, -0.1) is 0 Å². The zero-order chi connectivity index (χ0) is 14.6. The maximum atomic E-state index is 12.2. The van der Waals surface area contributed by atoms with Crippen LogP contribution in [0.25, 0.3) is 0 Å². The van der Waals surface area contributed by atoms with Gasteiger partial charge in [0.25, 0.3) is 10.0 Å². The lowest BCUT2D eigenvalue weighted by Crippen LogP contribution is -2.13. The first-order valence-electron chi connectivity index (χ1n) is 6.14. The molecule has 0 unspecified atom stereocenters. The predicted molar refractivity (Wildman–Crippen MR) is 82.9 cm³/mol. The molecule has 0 heterocycles. The number of para-hydroxylation sites is 1. The number of hydrogen-bond donors (Lipinski definition) is 2. The number of nitrogens with one attached hydrogen (secondary N) is 2. The van der Waals surface area contributed by atoms with Crippen molar-refractivity contribution in [2.75, 3.05) is 16.6 Å². The molecule has 2 N–H and O–H groups in total. The van der Waals surface area contributed by atoms with E-state index in [1.807, 2.05) is 6.92 Å².